The van der Waals surface area contributed by atoms with Gasteiger partial charge in [0.1, 0.15) is 16.4 Å². The van der Waals surface area contributed by atoms with Gasteiger partial charge in [-0.25, -0.2) is 9.97 Å². The number of H-pyrrole nitrogens is 1. The fourth-order valence-corrected chi connectivity index (χ4v) is 4.75. The molecule has 0 spiro atoms. The van der Waals surface area contributed by atoms with Crippen molar-refractivity contribution in [1.29, 1.82) is 0 Å². The average molecular weight is 399 g/mol. The van der Waals surface area contributed by atoms with Crippen molar-refractivity contribution >= 4 is 33.3 Å². The number of imidazole rings is 1. The standard InChI is InChI=1S/C19H18N4O2S2/c1-11-12(2)27-18-16(11)17(24)21-15(22-18)10-26-19-20-7-8-23(19)13-5-4-6-14(9-13)25-3/h4-9H,10H2,1-3H3,(H,21,22,24). The largest absolute Gasteiger partial charge is 0.497 e. The molecule has 1 N–H and O–H groups in total. The number of hydrogen-bond donors (Lipinski definition) is 1. The molecule has 8 heteroatoms. The number of thioether (sulfide) groups is 1. The molecule has 0 atom stereocenters. The van der Waals surface area contributed by atoms with Crippen LogP contribution in [0.5, 0.6) is 5.75 Å². The van der Waals surface area contributed by atoms with Crippen LogP contribution in [0.25, 0.3) is 15.9 Å². The van der Waals surface area contributed by atoms with Crippen LogP contribution in [0.2, 0.25) is 0 Å². The van der Waals surface area contributed by atoms with Crippen LogP contribution in [0.1, 0.15) is 16.3 Å². The maximum absolute atomic E-state index is 12.4. The molecule has 3 heterocycles. The Kier molecular flexibility index (Phi) is 4.75. The first-order chi connectivity index (χ1) is 13.1. The Bertz CT molecular complexity index is 1180. The Morgan fingerprint density at radius 2 is 2.19 bits per heavy atom. The van der Waals surface area contributed by atoms with Gasteiger partial charge in [-0.1, -0.05) is 17.8 Å². The number of nitrogens with one attached hydrogen (secondary N) is 1. The van der Waals surface area contributed by atoms with E-state index in [0.29, 0.717) is 17.0 Å². The van der Waals surface area contributed by atoms with Gasteiger partial charge in [0.25, 0.3) is 5.56 Å². The molecular formula is C19H18N4O2S2. The van der Waals surface area contributed by atoms with Crippen molar-refractivity contribution in [3.8, 4) is 11.4 Å². The van der Waals surface area contributed by atoms with Crippen molar-refractivity contribution in [2.75, 3.05) is 7.11 Å². The van der Waals surface area contributed by atoms with E-state index in [9.17, 15) is 4.79 Å². The quantitative estimate of drug-likeness (QED) is 0.513. The van der Waals surface area contributed by atoms with E-state index in [0.717, 1.165) is 31.9 Å². The second kappa shape index (κ2) is 7.21. The van der Waals surface area contributed by atoms with Gasteiger partial charge in [-0.3, -0.25) is 9.36 Å². The molecule has 1 aromatic carbocycles. The number of methoxy groups -OCH3 is 1. The number of aromatic amines is 1. The van der Waals surface area contributed by atoms with Crippen molar-refractivity contribution < 1.29 is 4.74 Å². The Morgan fingerprint density at radius 3 is 3.00 bits per heavy atom. The molecule has 0 saturated carbocycles. The second-order valence-electron chi connectivity index (χ2n) is 6.05. The molecule has 0 unspecified atom stereocenters. The first-order valence-electron chi connectivity index (χ1n) is 8.36. The molecule has 4 rings (SSSR count). The average Bonchev–Trinajstić information content (AvgIpc) is 3.25. The number of aryl methyl sites for hydroxylation is 2. The highest BCUT2D eigenvalue weighted by atomic mass is 32.2. The van der Waals surface area contributed by atoms with Gasteiger partial charge in [0.2, 0.25) is 0 Å². The summed E-state index contributed by atoms with van der Waals surface area (Å²) in [6.45, 7) is 3.98. The van der Waals surface area contributed by atoms with Gasteiger partial charge >= 0.3 is 0 Å². The molecule has 0 radical (unpaired) electrons. The predicted molar refractivity (Wildman–Crippen MR) is 109 cm³/mol. The SMILES string of the molecule is COc1cccc(-n2ccnc2SCc2nc3sc(C)c(C)c3c(=O)[nH]2)c1. The molecule has 27 heavy (non-hydrogen) atoms. The minimum atomic E-state index is -0.0754. The third-order valence-corrected chi connectivity index (χ3v) is 6.44. The molecule has 0 fully saturated rings. The summed E-state index contributed by atoms with van der Waals surface area (Å²) in [4.78, 5) is 26.3. The van der Waals surface area contributed by atoms with Crippen LogP contribution >= 0.6 is 23.1 Å². The van der Waals surface area contributed by atoms with E-state index < -0.39 is 0 Å². The van der Waals surface area contributed by atoms with Crippen molar-refractivity contribution in [2.45, 2.75) is 24.8 Å². The van der Waals surface area contributed by atoms with Gasteiger partial charge in [-0.05, 0) is 31.5 Å². The van der Waals surface area contributed by atoms with Gasteiger partial charge < -0.3 is 9.72 Å². The van der Waals surface area contributed by atoms with Crippen molar-refractivity contribution in [1.82, 2.24) is 19.5 Å². The number of thiophene rings is 1. The number of ether oxygens (including phenoxy) is 1. The highest BCUT2D eigenvalue weighted by Gasteiger charge is 2.13. The summed E-state index contributed by atoms with van der Waals surface area (Å²) in [5.74, 6) is 1.97. The van der Waals surface area contributed by atoms with Gasteiger partial charge in [0.15, 0.2) is 5.16 Å². The molecule has 6 nitrogen and oxygen atoms in total. The van der Waals surface area contributed by atoms with Crippen LogP contribution in [0.15, 0.2) is 46.6 Å². The van der Waals surface area contributed by atoms with Gasteiger partial charge in [-0.15, -0.1) is 11.3 Å². The summed E-state index contributed by atoms with van der Waals surface area (Å²) in [5.41, 5.74) is 1.90. The molecule has 138 valence electrons. The molecule has 0 aliphatic rings. The summed E-state index contributed by atoms with van der Waals surface area (Å²) in [5, 5.41) is 1.52. The summed E-state index contributed by atoms with van der Waals surface area (Å²) in [7, 11) is 1.65. The lowest BCUT2D eigenvalue weighted by atomic mass is 10.2. The van der Waals surface area contributed by atoms with Crippen LogP contribution < -0.4 is 10.3 Å². The minimum absolute atomic E-state index is 0.0754. The normalized spacial score (nSPS) is 11.2. The van der Waals surface area contributed by atoms with E-state index in [1.54, 1.807) is 24.6 Å². The van der Waals surface area contributed by atoms with E-state index in [2.05, 4.69) is 15.0 Å². The fraction of sp³-hybridized carbons (Fsp3) is 0.211. The molecule has 0 aliphatic carbocycles. The van der Waals surface area contributed by atoms with E-state index in [-0.39, 0.29) is 5.56 Å². The Morgan fingerprint density at radius 1 is 1.33 bits per heavy atom. The van der Waals surface area contributed by atoms with Crippen LogP contribution in [0.4, 0.5) is 0 Å². The summed E-state index contributed by atoms with van der Waals surface area (Å²) in [6.07, 6.45) is 3.66. The summed E-state index contributed by atoms with van der Waals surface area (Å²) >= 11 is 3.09. The summed E-state index contributed by atoms with van der Waals surface area (Å²) < 4.78 is 7.29. The molecule has 0 saturated heterocycles. The molecule has 3 aromatic heterocycles. The van der Waals surface area contributed by atoms with Crippen LogP contribution in [0.3, 0.4) is 0 Å². The Hall–Kier alpha value is -2.58. The number of fused-ring (bicyclic) bond motifs is 1. The molecule has 0 amide bonds. The first-order valence-corrected chi connectivity index (χ1v) is 10.2. The lowest BCUT2D eigenvalue weighted by Gasteiger charge is -2.09. The highest BCUT2D eigenvalue weighted by molar-refractivity contribution is 7.98. The van der Waals surface area contributed by atoms with Crippen LogP contribution in [-0.2, 0) is 5.75 Å². The molecule has 0 aliphatic heterocycles. The number of rotatable bonds is 5. The molecular weight excluding hydrogens is 380 g/mol. The zero-order chi connectivity index (χ0) is 19.0. The Balaban J connectivity index is 1.61. The van der Waals surface area contributed by atoms with E-state index >= 15 is 0 Å². The van der Waals surface area contributed by atoms with Gasteiger partial charge in [-0.2, -0.15) is 0 Å². The number of hydrogen-bond acceptors (Lipinski definition) is 6. The maximum Gasteiger partial charge on any atom is 0.259 e. The highest BCUT2D eigenvalue weighted by Crippen LogP contribution is 2.28. The maximum atomic E-state index is 12.4. The molecule has 0 bridgehead atoms. The molecule has 4 aromatic rings. The van der Waals surface area contributed by atoms with E-state index in [1.165, 1.54) is 11.8 Å². The predicted octanol–water partition coefficient (Wildman–Crippen LogP) is 4.09. The third-order valence-electron chi connectivity index (χ3n) is 4.36. The third kappa shape index (κ3) is 3.38. The van der Waals surface area contributed by atoms with Crippen molar-refractivity contribution in [3.63, 3.8) is 0 Å². The van der Waals surface area contributed by atoms with E-state index in [1.807, 2.05) is 48.9 Å². The Labute approximate surface area is 164 Å². The second-order valence-corrected chi connectivity index (χ2v) is 8.19. The van der Waals surface area contributed by atoms with Crippen LogP contribution in [-0.4, -0.2) is 26.6 Å². The van der Waals surface area contributed by atoms with Gasteiger partial charge in [0, 0.05) is 23.3 Å². The van der Waals surface area contributed by atoms with Crippen LogP contribution in [0, 0.1) is 13.8 Å². The minimum Gasteiger partial charge on any atom is -0.497 e. The lowest BCUT2D eigenvalue weighted by molar-refractivity contribution is 0.414. The van der Waals surface area contributed by atoms with E-state index in [4.69, 9.17) is 4.74 Å². The van der Waals surface area contributed by atoms with Crippen molar-refractivity contribution in [2.24, 2.45) is 0 Å². The number of nitrogens with zero attached hydrogens (tertiary/aromatic N) is 3. The first kappa shape index (κ1) is 17.8. The summed E-state index contributed by atoms with van der Waals surface area (Å²) in [6, 6.07) is 7.80. The smallest absolute Gasteiger partial charge is 0.259 e. The zero-order valence-electron chi connectivity index (χ0n) is 15.1. The van der Waals surface area contributed by atoms with Crippen molar-refractivity contribution in [3.05, 3.63) is 63.3 Å². The monoisotopic (exact) mass is 398 g/mol. The fourth-order valence-electron chi connectivity index (χ4n) is 2.85. The number of benzene rings is 1. The topological polar surface area (TPSA) is 72.8 Å². The number of aromatic nitrogens is 4. The zero-order valence-corrected chi connectivity index (χ0v) is 16.8. The lowest BCUT2D eigenvalue weighted by Crippen LogP contribution is -2.11. The van der Waals surface area contributed by atoms with Gasteiger partial charge in [0.05, 0.1) is 23.9 Å².